The molecule has 2 heterocycles. The van der Waals surface area contributed by atoms with Crippen molar-refractivity contribution in [3.8, 4) is 5.75 Å². The second-order valence-electron chi connectivity index (χ2n) is 4.55. The fraction of sp³-hybridized carbons (Fsp3) is 0.462. The number of hydrogen-bond acceptors (Lipinski definition) is 4. The van der Waals surface area contributed by atoms with Gasteiger partial charge in [0.25, 0.3) is 0 Å². The summed E-state index contributed by atoms with van der Waals surface area (Å²) in [4.78, 5) is 0. The van der Waals surface area contributed by atoms with E-state index in [9.17, 15) is 5.11 Å². The van der Waals surface area contributed by atoms with Crippen LogP contribution in [0.1, 0.15) is 42.8 Å². The third-order valence-electron chi connectivity index (χ3n) is 2.96. The van der Waals surface area contributed by atoms with Crippen molar-refractivity contribution in [2.24, 2.45) is 0 Å². The van der Waals surface area contributed by atoms with Gasteiger partial charge in [-0.1, -0.05) is 0 Å². The third-order valence-corrected chi connectivity index (χ3v) is 3.84. The minimum Gasteiger partial charge on any atom is -0.493 e. The minimum absolute atomic E-state index is 0.178. The van der Waals surface area contributed by atoms with Crippen LogP contribution in [0.3, 0.4) is 0 Å². The maximum absolute atomic E-state index is 10.6. The zero-order chi connectivity index (χ0) is 13.3. The molecule has 0 saturated heterocycles. The summed E-state index contributed by atoms with van der Waals surface area (Å²) in [6, 6.07) is 0.178. The number of aliphatic hydroxyl groups excluding tert-OH is 1. The molecule has 4 nitrogen and oxygen atoms in total. The van der Waals surface area contributed by atoms with Gasteiger partial charge in [0.15, 0.2) is 5.75 Å². The van der Waals surface area contributed by atoms with Crippen LogP contribution in [0.5, 0.6) is 5.75 Å². The smallest absolute Gasteiger partial charge is 0.163 e. The molecule has 0 aliphatic carbocycles. The highest BCUT2D eigenvalue weighted by Gasteiger charge is 2.24. The number of aliphatic hydroxyl groups is 1. The summed E-state index contributed by atoms with van der Waals surface area (Å²) < 4.78 is 7.10. The molecule has 5 heteroatoms. The Morgan fingerprint density at radius 3 is 2.61 bits per heavy atom. The van der Waals surface area contributed by atoms with E-state index in [4.69, 9.17) is 4.74 Å². The van der Waals surface area contributed by atoms with Gasteiger partial charge in [0, 0.05) is 11.6 Å². The topological polar surface area (TPSA) is 47.3 Å². The van der Waals surface area contributed by atoms with E-state index in [0.29, 0.717) is 11.4 Å². The molecule has 2 rings (SSSR count). The average molecular weight is 266 g/mol. The van der Waals surface area contributed by atoms with E-state index in [-0.39, 0.29) is 6.04 Å². The van der Waals surface area contributed by atoms with Gasteiger partial charge in [-0.3, -0.25) is 4.68 Å². The van der Waals surface area contributed by atoms with Crippen molar-refractivity contribution >= 4 is 11.3 Å². The molecule has 0 amide bonds. The molecule has 1 unspecified atom stereocenters. The SMILES string of the molecule is COc1cnn(C(C)C)c1C(O)c1cscc1C. The van der Waals surface area contributed by atoms with Crippen LogP contribution in [0, 0.1) is 6.92 Å². The largest absolute Gasteiger partial charge is 0.493 e. The highest BCUT2D eigenvalue weighted by atomic mass is 32.1. The molecule has 18 heavy (non-hydrogen) atoms. The van der Waals surface area contributed by atoms with Crippen molar-refractivity contribution in [3.63, 3.8) is 0 Å². The van der Waals surface area contributed by atoms with Gasteiger partial charge in [-0.05, 0) is 37.1 Å². The molecular formula is C13H18N2O2S. The molecule has 1 N–H and O–H groups in total. The number of aryl methyl sites for hydroxylation is 1. The molecule has 0 saturated carbocycles. The number of ether oxygens (including phenoxy) is 1. The first-order valence-corrected chi connectivity index (χ1v) is 6.82. The lowest BCUT2D eigenvalue weighted by Crippen LogP contribution is -2.13. The van der Waals surface area contributed by atoms with Gasteiger partial charge < -0.3 is 9.84 Å². The molecule has 1 atom stereocenters. The molecular weight excluding hydrogens is 248 g/mol. The summed E-state index contributed by atoms with van der Waals surface area (Å²) in [6.45, 7) is 6.06. The van der Waals surface area contributed by atoms with Crippen LogP contribution in [0.15, 0.2) is 17.0 Å². The maximum atomic E-state index is 10.6. The number of hydrogen-bond donors (Lipinski definition) is 1. The van der Waals surface area contributed by atoms with Crippen molar-refractivity contribution in [3.05, 3.63) is 33.8 Å². The van der Waals surface area contributed by atoms with Crippen molar-refractivity contribution in [1.82, 2.24) is 9.78 Å². The fourth-order valence-corrected chi connectivity index (χ4v) is 2.85. The highest BCUT2D eigenvalue weighted by molar-refractivity contribution is 7.08. The molecule has 2 aromatic rings. The zero-order valence-corrected chi connectivity index (χ0v) is 11.9. The van der Waals surface area contributed by atoms with E-state index in [1.807, 2.05) is 31.5 Å². The minimum atomic E-state index is -0.698. The summed E-state index contributed by atoms with van der Waals surface area (Å²) in [5.41, 5.74) is 2.72. The molecule has 0 radical (unpaired) electrons. The third kappa shape index (κ3) is 2.15. The van der Waals surface area contributed by atoms with E-state index in [0.717, 1.165) is 11.1 Å². The second-order valence-corrected chi connectivity index (χ2v) is 5.29. The first-order valence-electron chi connectivity index (χ1n) is 5.88. The first-order chi connectivity index (χ1) is 8.56. The number of nitrogens with zero attached hydrogens (tertiary/aromatic N) is 2. The van der Waals surface area contributed by atoms with Crippen molar-refractivity contribution in [2.75, 3.05) is 7.11 Å². The fourth-order valence-electron chi connectivity index (χ4n) is 1.98. The molecule has 0 spiro atoms. The van der Waals surface area contributed by atoms with Crippen molar-refractivity contribution in [2.45, 2.75) is 32.9 Å². The van der Waals surface area contributed by atoms with Gasteiger partial charge in [-0.15, -0.1) is 0 Å². The van der Waals surface area contributed by atoms with Crippen LogP contribution in [0.2, 0.25) is 0 Å². The van der Waals surface area contributed by atoms with Crippen LogP contribution in [0.25, 0.3) is 0 Å². The van der Waals surface area contributed by atoms with Crippen LogP contribution in [-0.2, 0) is 0 Å². The Morgan fingerprint density at radius 1 is 1.39 bits per heavy atom. The summed E-state index contributed by atoms with van der Waals surface area (Å²) in [6.07, 6.45) is 0.955. The molecule has 98 valence electrons. The Labute approximate surface area is 111 Å². The maximum Gasteiger partial charge on any atom is 0.163 e. The van der Waals surface area contributed by atoms with Gasteiger partial charge in [-0.2, -0.15) is 16.4 Å². The Hall–Kier alpha value is -1.33. The first kappa shape index (κ1) is 13.1. The average Bonchev–Trinajstić information content (AvgIpc) is 2.93. The molecule has 0 fully saturated rings. The van der Waals surface area contributed by atoms with Crippen molar-refractivity contribution in [1.29, 1.82) is 0 Å². The monoisotopic (exact) mass is 266 g/mol. The van der Waals surface area contributed by atoms with Gasteiger partial charge in [-0.25, -0.2) is 0 Å². The van der Waals surface area contributed by atoms with E-state index in [1.54, 1.807) is 29.3 Å². The van der Waals surface area contributed by atoms with Crippen LogP contribution in [0.4, 0.5) is 0 Å². The summed E-state index contributed by atoms with van der Waals surface area (Å²) in [7, 11) is 1.60. The Bertz CT molecular complexity index is 531. The van der Waals surface area contributed by atoms with E-state index < -0.39 is 6.10 Å². The summed E-state index contributed by atoms with van der Waals surface area (Å²) in [5.74, 6) is 0.627. The van der Waals surface area contributed by atoms with Gasteiger partial charge in [0.2, 0.25) is 0 Å². The normalized spacial score (nSPS) is 13.0. The van der Waals surface area contributed by atoms with E-state index in [1.165, 1.54) is 0 Å². The lowest BCUT2D eigenvalue weighted by molar-refractivity contribution is 0.199. The molecule has 0 bridgehead atoms. The second kappa shape index (κ2) is 5.12. The number of thiophene rings is 1. The lowest BCUT2D eigenvalue weighted by Gasteiger charge is -2.17. The van der Waals surface area contributed by atoms with E-state index >= 15 is 0 Å². The quantitative estimate of drug-likeness (QED) is 0.925. The van der Waals surface area contributed by atoms with E-state index in [2.05, 4.69) is 5.10 Å². The lowest BCUT2D eigenvalue weighted by atomic mass is 10.1. The number of methoxy groups -OCH3 is 1. The summed E-state index contributed by atoms with van der Waals surface area (Å²) >= 11 is 1.59. The zero-order valence-electron chi connectivity index (χ0n) is 11.0. The van der Waals surface area contributed by atoms with Crippen LogP contribution >= 0.6 is 11.3 Å². The molecule has 0 aliphatic heterocycles. The molecule has 0 aromatic carbocycles. The highest BCUT2D eigenvalue weighted by Crippen LogP contribution is 2.34. The van der Waals surface area contributed by atoms with Gasteiger partial charge >= 0.3 is 0 Å². The predicted molar refractivity (Wildman–Crippen MR) is 72.3 cm³/mol. The number of rotatable bonds is 4. The molecule has 0 aliphatic rings. The molecule has 2 aromatic heterocycles. The van der Waals surface area contributed by atoms with Gasteiger partial charge in [0.1, 0.15) is 11.8 Å². The standard InChI is InChI=1S/C13H18N2O2S/c1-8(2)15-12(11(17-4)5-14-15)13(16)10-7-18-6-9(10)3/h5-8,13,16H,1-4H3. The van der Waals surface area contributed by atoms with Crippen molar-refractivity contribution < 1.29 is 9.84 Å². The Kier molecular flexibility index (Phi) is 3.73. The Morgan fingerprint density at radius 2 is 2.11 bits per heavy atom. The number of aromatic nitrogens is 2. The van der Waals surface area contributed by atoms with Crippen LogP contribution in [-0.4, -0.2) is 22.0 Å². The predicted octanol–water partition coefficient (Wildman–Crippen LogP) is 2.92. The summed E-state index contributed by atoms with van der Waals surface area (Å²) in [5, 5.41) is 18.8. The Balaban J connectivity index is 2.49. The van der Waals surface area contributed by atoms with Gasteiger partial charge in [0.05, 0.1) is 13.3 Å². The van der Waals surface area contributed by atoms with Crippen LogP contribution < -0.4 is 4.74 Å².